The van der Waals surface area contributed by atoms with E-state index in [9.17, 15) is 5.11 Å². The molecule has 0 aliphatic rings. The largest absolute Gasteiger partial charge is 0.388 e. The average molecular weight is 258 g/mol. The second-order valence-electron chi connectivity index (χ2n) is 5.25. The third-order valence-electron chi connectivity index (χ3n) is 3.43. The molecule has 1 aromatic carbocycles. The number of hydrogen-bond donors (Lipinski definition) is 1. The van der Waals surface area contributed by atoms with Crippen LogP contribution in [0.15, 0.2) is 36.7 Å². The number of nitrogens with zero attached hydrogens (tertiary/aromatic N) is 2. The normalized spacial score (nSPS) is 12.9. The minimum Gasteiger partial charge on any atom is -0.388 e. The monoisotopic (exact) mass is 258 g/mol. The number of rotatable bonds is 5. The number of aromatic nitrogens is 2. The lowest BCUT2D eigenvalue weighted by Gasteiger charge is -2.11. The molecule has 0 saturated carbocycles. The van der Waals surface area contributed by atoms with E-state index in [2.05, 4.69) is 38.0 Å². The molecule has 0 amide bonds. The van der Waals surface area contributed by atoms with Crippen LogP contribution in [-0.4, -0.2) is 14.9 Å². The fourth-order valence-corrected chi connectivity index (χ4v) is 2.13. The van der Waals surface area contributed by atoms with Gasteiger partial charge >= 0.3 is 0 Å². The highest BCUT2D eigenvalue weighted by molar-refractivity contribution is 5.27. The van der Waals surface area contributed by atoms with Crippen molar-refractivity contribution >= 4 is 0 Å². The van der Waals surface area contributed by atoms with Crippen LogP contribution in [0, 0.1) is 0 Å². The first kappa shape index (κ1) is 13.8. The van der Waals surface area contributed by atoms with Crippen molar-refractivity contribution in [3.63, 3.8) is 0 Å². The van der Waals surface area contributed by atoms with E-state index in [0.717, 1.165) is 17.7 Å². The fraction of sp³-hybridized carbons (Fsp3) is 0.438. The van der Waals surface area contributed by atoms with Crippen LogP contribution in [-0.2, 0) is 13.0 Å². The van der Waals surface area contributed by atoms with Crippen molar-refractivity contribution in [3.8, 4) is 0 Å². The molecule has 0 spiro atoms. The van der Waals surface area contributed by atoms with E-state index in [1.165, 1.54) is 5.56 Å². The van der Waals surface area contributed by atoms with E-state index in [1.54, 1.807) is 0 Å². The molecule has 3 nitrogen and oxygen atoms in total. The highest BCUT2D eigenvalue weighted by Crippen LogP contribution is 2.21. The highest BCUT2D eigenvalue weighted by atomic mass is 16.3. The smallest absolute Gasteiger partial charge is 0.0831 e. The minimum atomic E-state index is -0.462. The van der Waals surface area contributed by atoms with Crippen molar-refractivity contribution in [1.29, 1.82) is 0 Å². The van der Waals surface area contributed by atoms with Crippen LogP contribution < -0.4 is 0 Å². The number of aryl methyl sites for hydroxylation is 1. The molecule has 3 heteroatoms. The summed E-state index contributed by atoms with van der Waals surface area (Å²) in [4.78, 5) is 0. The van der Waals surface area contributed by atoms with Crippen molar-refractivity contribution in [2.75, 3.05) is 0 Å². The molecule has 1 atom stereocenters. The Morgan fingerprint density at radius 2 is 1.79 bits per heavy atom. The Morgan fingerprint density at radius 1 is 1.16 bits per heavy atom. The minimum absolute atomic E-state index is 0.462. The van der Waals surface area contributed by atoms with Gasteiger partial charge in [-0.3, -0.25) is 4.68 Å². The standard InChI is InChI=1S/C16H22N2O/c1-4-18-11-13(10-17-18)9-16(19)15-7-5-14(6-8-15)12(2)3/h5-8,10-12,16,19H,4,9H2,1-3H3. The first-order chi connectivity index (χ1) is 9.10. The van der Waals surface area contributed by atoms with Gasteiger partial charge in [0.25, 0.3) is 0 Å². The van der Waals surface area contributed by atoms with E-state index in [-0.39, 0.29) is 0 Å². The first-order valence-electron chi connectivity index (χ1n) is 6.89. The summed E-state index contributed by atoms with van der Waals surface area (Å²) < 4.78 is 1.88. The quantitative estimate of drug-likeness (QED) is 0.893. The van der Waals surface area contributed by atoms with Crippen LogP contribution in [0.4, 0.5) is 0 Å². The summed E-state index contributed by atoms with van der Waals surface area (Å²) in [6.45, 7) is 7.26. The fourth-order valence-electron chi connectivity index (χ4n) is 2.13. The summed E-state index contributed by atoms with van der Waals surface area (Å²) in [7, 11) is 0. The Morgan fingerprint density at radius 3 is 2.32 bits per heavy atom. The molecule has 0 aliphatic heterocycles. The second kappa shape index (κ2) is 6.02. The molecule has 1 aromatic heterocycles. The van der Waals surface area contributed by atoms with E-state index in [0.29, 0.717) is 12.3 Å². The van der Waals surface area contributed by atoms with E-state index in [4.69, 9.17) is 0 Å². The maximum absolute atomic E-state index is 10.2. The molecular formula is C16H22N2O. The van der Waals surface area contributed by atoms with Crippen molar-refractivity contribution in [1.82, 2.24) is 9.78 Å². The van der Waals surface area contributed by atoms with Gasteiger partial charge in [-0.25, -0.2) is 0 Å². The Balaban J connectivity index is 2.04. The molecule has 0 radical (unpaired) electrons. The summed E-state index contributed by atoms with van der Waals surface area (Å²) in [6, 6.07) is 8.23. The van der Waals surface area contributed by atoms with Gasteiger partial charge in [-0.1, -0.05) is 38.1 Å². The SMILES string of the molecule is CCn1cc(CC(O)c2ccc(C(C)C)cc2)cn1. The van der Waals surface area contributed by atoms with Crippen LogP contribution in [0.2, 0.25) is 0 Å². The summed E-state index contributed by atoms with van der Waals surface area (Å²) >= 11 is 0. The number of hydrogen-bond acceptors (Lipinski definition) is 2. The molecule has 2 aromatic rings. The zero-order valence-corrected chi connectivity index (χ0v) is 11.9. The molecular weight excluding hydrogens is 236 g/mol. The number of benzene rings is 1. The van der Waals surface area contributed by atoms with Crippen LogP contribution in [0.1, 0.15) is 49.5 Å². The summed E-state index contributed by atoms with van der Waals surface area (Å²) in [5, 5.41) is 14.5. The molecule has 1 N–H and O–H groups in total. The maximum Gasteiger partial charge on any atom is 0.0831 e. The predicted octanol–water partition coefficient (Wildman–Crippen LogP) is 3.30. The van der Waals surface area contributed by atoms with Crippen LogP contribution >= 0.6 is 0 Å². The Bertz CT molecular complexity index is 514. The lowest BCUT2D eigenvalue weighted by molar-refractivity contribution is 0.178. The third kappa shape index (κ3) is 3.44. The van der Waals surface area contributed by atoms with Gasteiger partial charge in [0.15, 0.2) is 0 Å². The molecule has 0 fully saturated rings. The molecule has 0 saturated heterocycles. The van der Waals surface area contributed by atoms with Crippen molar-refractivity contribution in [2.45, 2.75) is 45.8 Å². The zero-order chi connectivity index (χ0) is 13.8. The van der Waals surface area contributed by atoms with Gasteiger partial charge in [0.1, 0.15) is 0 Å². The van der Waals surface area contributed by atoms with Gasteiger partial charge in [-0.15, -0.1) is 0 Å². The Labute approximate surface area is 114 Å². The highest BCUT2D eigenvalue weighted by Gasteiger charge is 2.10. The average Bonchev–Trinajstić information content (AvgIpc) is 2.86. The molecule has 0 bridgehead atoms. The Kier molecular flexibility index (Phi) is 4.38. The molecule has 102 valence electrons. The van der Waals surface area contributed by atoms with Crippen molar-refractivity contribution in [2.24, 2.45) is 0 Å². The van der Waals surface area contributed by atoms with Crippen molar-refractivity contribution in [3.05, 3.63) is 53.3 Å². The lowest BCUT2D eigenvalue weighted by atomic mass is 9.98. The maximum atomic E-state index is 10.2. The summed E-state index contributed by atoms with van der Waals surface area (Å²) in [5.41, 5.74) is 3.34. The van der Waals surface area contributed by atoms with Crippen LogP contribution in [0.3, 0.4) is 0 Å². The van der Waals surface area contributed by atoms with Gasteiger partial charge in [0.2, 0.25) is 0 Å². The van der Waals surface area contributed by atoms with Gasteiger partial charge in [0.05, 0.1) is 12.3 Å². The topological polar surface area (TPSA) is 38.0 Å². The lowest BCUT2D eigenvalue weighted by Crippen LogP contribution is -2.01. The first-order valence-corrected chi connectivity index (χ1v) is 6.89. The molecule has 1 heterocycles. The number of aliphatic hydroxyl groups excluding tert-OH is 1. The van der Waals surface area contributed by atoms with E-state index >= 15 is 0 Å². The number of aliphatic hydroxyl groups is 1. The predicted molar refractivity (Wildman–Crippen MR) is 77.1 cm³/mol. The molecule has 1 unspecified atom stereocenters. The second-order valence-corrected chi connectivity index (χ2v) is 5.25. The van der Waals surface area contributed by atoms with E-state index < -0.39 is 6.10 Å². The third-order valence-corrected chi connectivity index (χ3v) is 3.43. The van der Waals surface area contributed by atoms with Gasteiger partial charge in [-0.05, 0) is 29.5 Å². The van der Waals surface area contributed by atoms with Gasteiger partial charge in [-0.2, -0.15) is 5.10 Å². The summed E-state index contributed by atoms with van der Waals surface area (Å²) in [6.07, 6.45) is 3.97. The zero-order valence-electron chi connectivity index (χ0n) is 11.9. The van der Waals surface area contributed by atoms with Gasteiger partial charge in [0, 0.05) is 19.2 Å². The van der Waals surface area contributed by atoms with Gasteiger partial charge < -0.3 is 5.11 Å². The Hall–Kier alpha value is -1.61. The molecule has 0 aliphatic carbocycles. The van der Waals surface area contributed by atoms with E-state index in [1.807, 2.05) is 29.2 Å². The van der Waals surface area contributed by atoms with Crippen LogP contribution in [0.25, 0.3) is 0 Å². The summed E-state index contributed by atoms with van der Waals surface area (Å²) in [5.74, 6) is 0.522. The van der Waals surface area contributed by atoms with Crippen LogP contribution in [0.5, 0.6) is 0 Å². The molecule has 19 heavy (non-hydrogen) atoms. The van der Waals surface area contributed by atoms with Crippen molar-refractivity contribution < 1.29 is 5.11 Å². The molecule has 2 rings (SSSR count).